The van der Waals surface area contributed by atoms with Gasteiger partial charge >= 0.3 is 0 Å². The Morgan fingerprint density at radius 2 is 1.89 bits per heavy atom. The van der Waals surface area contributed by atoms with Gasteiger partial charge in [0.25, 0.3) is 0 Å². The molecule has 0 aliphatic rings. The zero-order valence-electron chi connectivity index (χ0n) is 9.89. The maximum absolute atomic E-state index is 13.0. The molecule has 0 saturated carbocycles. The summed E-state index contributed by atoms with van der Waals surface area (Å²) in [5.74, 6) is -0.612. The first-order valence-electron chi connectivity index (χ1n) is 5.73. The molecule has 0 radical (unpaired) electrons. The van der Waals surface area contributed by atoms with Crippen LogP contribution >= 0.6 is 11.3 Å². The SMILES string of the molecule is Nc1cc(F)ccc1C(=O)c1csc2ccccc12. The van der Waals surface area contributed by atoms with Crippen molar-refractivity contribution in [3.8, 4) is 0 Å². The molecule has 0 unspecified atom stereocenters. The van der Waals surface area contributed by atoms with E-state index in [2.05, 4.69) is 0 Å². The third-order valence-corrected chi connectivity index (χ3v) is 3.95. The van der Waals surface area contributed by atoms with Gasteiger partial charge in [0.1, 0.15) is 5.82 Å². The number of rotatable bonds is 2. The first kappa shape index (κ1) is 11.9. The van der Waals surface area contributed by atoms with Crippen molar-refractivity contribution in [3.63, 3.8) is 0 Å². The predicted octanol–water partition coefficient (Wildman–Crippen LogP) is 3.85. The number of fused-ring (bicyclic) bond motifs is 1. The quantitative estimate of drug-likeness (QED) is 0.568. The predicted molar refractivity (Wildman–Crippen MR) is 76.1 cm³/mol. The van der Waals surface area contributed by atoms with Crippen molar-refractivity contribution in [1.29, 1.82) is 0 Å². The number of nitrogen functional groups attached to an aromatic ring is 1. The molecule has 1 aromatic heterocycles. The van der Waals surface area contributed by atoms with Crippen LogP contribution in [0.1, 0.15) is 15.9 Å². The van der Waals surface area contributed by atoms with Crippen molar-refractivity contribution in [2.75, 3.05) is 5.73 Å². The number of thiophene rings is 1. The van der Waals surface area contributed by atoms with Crippen molar-refractivity contribution < 1.29 is 9.18 Å². The second kappa shape index (κ2) is 4.48. The highest BCUT2D eigenvalue weighted by molar-refractivity contribution is 7.17. The Hall–Kier alpha value is -2.20. The van der Waals surface area contributed by atoms with Gasteiger partial charge in [-0.25, -0.2) is 4.39 Å². The van der Waals surface area contributed by atoms with Gasteiger partial charge in [0, 0.05) is 32.3 Å². The topological polar surface area (TPSA) is 43.1 Å². The molecule has 1 heterocycles. The van der Waals surface area contributed by atoms with Gasteiger partial charge < -0.3 is 5.73 Å². The van der Waals surface area contributed by atoms with Crippen LogP contribution in [-0.2, 0) is 0 Å². The molecule has 0 aliphatic heterocycles. The molecule has 0 atom stereocenters. The molecular weight excluding hydrogens is 261 g/mol. The number of carbonyl (C=O) groups is 1. The van der Waals surface area contributed by atoms with Crippen molar-refractivity contribution >= 4 is 32.9 Å². The van der Waals surface area contributed by atoms with Crippen LogP contribution in [0, 0.1) is 5.82 Å². The van der Waals surface area contributed by atoms with E-state index in [9.17, 15) is 9.18 Å². The summed E-state index contributed by atoms with van der Waals surface area (Å²) in [5, 5.41) is 2.72. The molecule has 0 bridgehead atoms. The van der Waals surface area contributed by atoms with Crippen LogP contribution in [0.3, 0.4) is 0 Å². The van der Waals surface area contributed by atoms with E-state index in [-0.39, 0.29) is 11.5 Å². The zero-order chi connectivity index (χ0) is 13.4. The van der Waals surface area contributed by atoms with Crippen LogP contribution in [0.15, 0.2) is 47.8 Å². The van der Waals surface area contributed by atoms with Gasteiger partial charge in [0.15, 0.2) is 5.78 Å². The fraction of sp³-hybridized carbons (Fsp3) is 0. The van der Waals surface area contributed by atoms with Crippen molar-refractivity contribution in [2.45, 2.75) is 0 Å². The van der Waals surface area contributed by atoms with Crippen LogP contribution in [0.5, 0.6) is 0 Å². The van der Waals surface area contributed by atoms with Crippen molar-refractivity contribution in [2.24, 2.45) is 0 Å². The van der Waals surface area contributed by atoms with Gasteiger partial charge in [0.2, 0.25) is 0 Å². The normalized spacial score (nSPS) is 10.8. The molecule has 0 spiro atoms. The number of nitrogens with two attached hydrogens (primary N) is 1. The van der Waals surface area contributed by atoms with Crippen molar-refractivity contribution in [3.05, 3.63) is 64.8 Å². The minimum absolute atomic E-state index is 0.167. The van der Waals surface area contributed by atoms with Gasteiger partial charge in [0.05, 0.1) is 0 Å². The first-order valence-corrected chi connectivity index (χ1v) is 6.61. The number of hydrogen-bond acceptors (Lipinski definition) is 3. The van der Waals surface area contributed by atoms with Gasteiger partial charge in [-0.1, -0.05) is 18.2 Å². The summed E-state index contributed by atoms with van der Waals surface area (Å²) in [7, 11) is 0. The van der Waals surface area contributed by atoms with Gasteiger partial charge in [-0.2, -0.15) is 0 Å². The van der Waals surface area contributed by atoms with Gasteiger partial charge in [-0.3, -0.25) is 4.79 Å². The van der Waals surface area contributed by atoms with Crippen molar-refractivity contribution in [1.82, 2.24) is 0 Å². The zero-order valence-corrected chi connectivity index (χ0v) is 10.7. The second-order valence-electron chi connectivity index (χ2n) is 4.21. The second-order valence-corrected chi connectivity index (χ2v) is 5.12. The fourth-order valence-electron chi connectivity index (χ4n) is 2.04. The van der Waals surface area contributed by atoms with Crippen LogP contribution in [0.4, 0.5) is 10.1 Å². The summed E-state index contributed by atoms with van der Waals surface area (Å²) in [6.45, 7) is 0. The molecule has 0 amide bonds. The molecule has 0 aliphatic carbocycles. The molecule has 0 saturated heterocycles. The van der Waals surface area contributed by atoms with Crippen LogP contribution in [0.2, 0.25) is 0 Å². The van der Waals surface area contributed by atoms with Crippen LogP contribution in [0.25, 0.3) is 10.1 Å². The minimum atomic E-state index is -0.441. The molecule has 3 rings (SSSR count). The molecule has 0 fully saturated rings. The average molecular weight is 271 g/mol. The highest BCUT2D eigenvalue weighted by Gasteiger charge is 2.16. The molecule has 2 nitrogen and oxygen atoms in total. The van der Waals surface area contributed by atoms with E-state index in [1.807, 2.05) is 29.6 Å². The van der Waals surface area contributed by atoms with Crippen LogP contribution < -0.4 is 5.73 Å². The third-order valence-electron chi connectivity index (χ3n) is 2.98. The number of halogens is 1. The van der Waals surface area contributed by atoms with E-state index >= 15 is 0 Å². The van der Waals surface area contributed by atoms with Crippen LogP contribution in [-0.4, -0.2) is 5.78 Å². The standard InChI is InChI=1S/C15H10FNOS/c16-9-5-6-11(13(17)7-9)15(18)12-8-19-14-4-2-1-3-10(12)14/h1-8H,17H2. The number of ketones is 1. The summed E-state index contributed by atoms with van der Waals surface area (Å²) in [4.78, 5) is 12.5. The molecular formula is C15H10FNOS. The Balaban J connectivity index is 2.13. The molecule has 3 aromatic rings. The largest absolute Gasteiger partial charge is 0.398 e. The Morgan fingerprint density at radius 1 is 1.11 bits per heavy atom. The average Bonchev–Trinajstić information content (AvgIpc) is 2.82. The summed E-state index contributed by atoms with van der Waals surface area (Å²) < 4.78 is 14.1. The monoisotopic (exact) mass is 271 g/mol. The lowest BCUT2D eigenvalue weighted by molar-refractivity contribution is 0.104. The summed E-state index contributed by atoms with van der Waals surface area (Å²) in [6, 6.07) is 11.5. The molecule has 94 valence electrons. The minimum Gasteiger partial charge on any atom is -0.398 e. The Kier molecular flexibility index (Phi) is 2.80. The maximum atomic E-state index is 13.0. The lowest BCUT2D eigenvalue weighted by atomic mass is 10.0. The highest BCUT2D eigenvalue weighted by Crippen LogP contribution is 2.28. The van der Waals surface area contributed by atoms with E-state index in [0.29, 0.717) is 11.1 Å². The number of benzene rings is 2. The Labute approximate surface area is 113 Å². The van der Waals surface area contributed by atoms with E-state index in [4.69, 9.17) is 5.73 Å². The number of hydrogen-bond donors (Lipinski definition) is 1. The summed E-state index contributed by atoms with van der Waals surface area (Å²) in [5.41, 5.74) is 6.83. The summed E-state index contributed by atoms with van der Waals surface area (Å²) in [6.07, 6.45) is 0. The lowest BCUT2D eigenvalue weighted by Gasteiger charge is -2.04. The van der Waals surface area contributed by atoms with Gasteiger partial charge in [-0.05, 0) is 24.3 Å². The Morgan fingerprint density at radius 3 is 2.68 bits per heavy atom. The highest BCUT2D eigenvalue weighted by atomic mass is 32.1. The molecule has 2 aromatic carbocycles. The van der Waals surface area contributed by atoms with Gasteiger partial charge in [-0.15, -0.1) is 11.3 Å². The molecule has 19 heavy (non-hydrogen) atoms. The van der Waals surface area contributed by atoms with E-state index < -0.39 is 5.82 Å². The fourth-order valence-corrected chi connectivity index (χ4v) is 2.98. The first-order chi connectivity index (χ1) is 9.16. The molecule has 2 N–H and O–H groups in total. The third kappa shape index (κ3) is 2.00. The van der Waals surface area contributed by atoms with E-state index in [1.54, 1.807) is 0 Å². The van der Waals surface area contributed by atoms with E-state index in [0.717, 1.165) is 10.1 Å². The maximum Gasteiger partial charge on any atom is 0.196 e. The molecule has 4 heteroatoms. The lowest BCUT2D eigenvalue weighted by Crippen LogP contribution is -2.05. The Bertz CT molecular complexity index is 779. The number of anilines is 1. The summed E-state index contributed by atoms with van der Waals surface area (Å²) >= 11 is 1.51. The van der Waals surface area contributed by atoms with E-state index in [1.165, 1.54) is 29.5 Å². The smallest absolute Gasteiger partial charge is 0.196 e. The number of carbonyl (C=O) groups excluding carboxylic acids is 1.